The fraction of sp³-hybridized carbons (Fsp3) is 0.533. The normalized spacial score (nSPS) is 19.9. The molecule has 130 valence electrons. The summed E-state index contributed by atoms with van der Waals surface area (Å²) in [5, 5.41) is 6.23. The first kappa shape index (κ1) is 20.1. The third-order valence-electron chi connectivity index (χ3n) is 3.59. The first-order valence-electron chi connectivity index (χ1n) is 7.46. The van der Waals surface area contributed by atoms with Crippen LogP contribution in [0.4, 0.5) is 4.39 Å². The minimum Gasteiger partial charge on any atom is -0.357 e. The number of hydrogen-bond donors (Lipinski definition) is 2. The highest BCUT2D eigenvalue weighted by Gasteiger charge is 2.27. The molecule has 1 aromatic rings. The van der Waals surface area contributed by atoms with E-state index in [1.165, 1.54) is 6.07 Å². The third kappa shape index (κ3) is 6.62. The lowest BCUT2D eigenvalue weighted by atomic mass is 10.1. The summed E-state index contributed by atoms with van der Waals surface area (Å²) in [7, 11) is -2.87. The Hall–Kier alpha value is -0.900. The molecule has 0 aromatic heterocycles. The second-order valence-corrected chi connectivity index (χ2v) is 7.67. The van der Waals surface area contributed by atoms with Crippen molar-refractivity contribution >= 4 is 39.8 Å². The molecule has 8 heteroatoms. The van der Waals surface area contributed by atoms with Crippen molar-refractivity contribution in [2.24, 2.45) is 10.9 Å². The van der Waals surface area contributed by atoms with Crippen molar-refractivity contribution in [1.82, 2.24) is 10.6 Å². The molecule has 2 N–H and O–H groups in total. The van der Waals surface area contributed by atoms with E-state index in [0.717, 1.165) is 0 Å². The molecule has 1 heterocycles. The highest BCUT2D eigenvalue weighted by Crippen LogP contribution is 2.17. The number of benzene rings is 1. The van der Waals surface area contributed by atoms with Crippen molar-refractivity contribution in [3.8, 4) is 0 Å². The molecule has 0 bridgehead atoms. The molecule has 1 aliphatic heterocycles. The molecule has 1 aromatic carbocycles. The number of hydrogen-bond acceptors (Lipinski definition) is 3. The van der Waals surface area contributed by atoms with Crippen LogP contribution in [0.2, 0.25) is 0 Å². The maximum absolute atomic E-state index is 13.6. The Kier molecular flexibility index (Phi) is 8.24. The van der Waals surface area contributed by atoms with E-state index in [-0.39, 0.29) is 53.8 Å². The van der Waals surface area contributed by atoms with Gasteiger partial charge in [-0.05, 0) is 25.3 Å². The summed E-state index contributed by atoms with van der Waals surface area (Å²) in [5.74, 6) is 0.913. The van der Waals surface area contributed by atoms with E-state index in [2.05, 4.69) is 15.6 Å². The van der Waals surface area contributed by atoms with Crippen LogP contribution in [0.15, 0.2) is 29.3 Å². The maximum Gasteiger partial charge on any atom is 0.191 e. The SMILES string of the molecule is CCNC(=NCc1ccccc1F)NCC1CCS(=O)(=O)C1.I. The van der Waals surface area contributed by atoms with Crippen molar-refractivity contribution in [3.05, 3.63) is 35.6 Å². The van der Waals surface area contributed by atoms with Crippen molar-refractivity contribution < 1.29 is 12.8 Å². The van der Waals surface area contributed by atoms with E-state index in [0.29, 0.717) is 31.0 Å². The smallest absolute Gasteiger partial charge is 0.191 e. The van der Waals surface area contributed by atoms with E-state index >= 15 is 0 Å². The minimum absolute atomic E-state index is 0. The highest BCUT2D eigenvalue weighted by molar-refractivity contribution is 14.0. The summed E-state index contributed by atoms with van der Waals surface area (Å²) in [4.78, 5) is 4.35. The summed E-state index contributed by atoms with van der Waals surface area (Å²) < 4.78 is 36.5. The van der Waals surface area contributed by atoms with Gasteiger partial charge in [0.2, 0.25) is 0 Å². The average molecular weight is 455 g/mol. The number of rotatable bonds is 5. The Labute approximate surface area is 154 Å². The molecule has 1 fully saturated rings. The Bertz CT molecular complexity index is 637. The van der Waals surface area contributed by atoms with Gasteiger partial charge in [0.25, 0.3) is 0 Å². The van der Waals surface area contributed by atoms with Crippen molar-refractivity contribution in [2.45, 2.75) is 19.9 Å². The predicted octanol–water partition coefficient (Wildman–Crippen LogP) is 1.93. The van der Waals surface area contributed by atoms with Crippen LogP contribution in [-0.2, 0) is 16.4 Å². The number of sulfone groups is 1. The van der Waals surface area contributed by atoms with Crippen molar-refractivity contribution in [2.75, 3.05) is 24.6 Å². The van der Waals surface area contributed by atoms with Gasteiger partial charge in [-0.25, -0.2) is 17.8 Å². The molecular weight excluding hydrogens is 432 g/mol. The summed E-state index contributed by atoms with van der Waals surface area (Å²) in [6.07, 6.45) is 0.683. The molecule has 0 spiro atoms. The summed E-state index contributed by atoms with van der Waals surface area (Å²) in [6, 6.07) is 6.53. The molecule has 23 heavy (non-hydrogen) atoms. The van der Waals surface area contributed by atoms with Gasteiger partial charge in [-0.3, -0.25) is 0 Å². The summed E-state index contributed by atoms with van der Waals surface area (Å²) in [5.41, 5.74) is 0.531. The van der Waals surface area contributed by atoms with E-state index in [9.17, 15) is 12.8 Å². The number of guanidine groups is 1. The Balaban J connectivity index is 0.00000264. The van der Waals surface area contributed by atoms with Gasteiger partial charge in [0.1, 0.15) is 5.82 Å². The zero-order valence-corrected chi connectivity index (χ0v) is 16.2. The molecule has 0 radical (unpaired) electrons. The lowest BCUT2D eigenvalue weighted by molar-refractivity contribution is 0.566. The van der Waals surface area contributed by atoms with Crippen LogP contribution in [0, 0.1) is 11.7 Å². The molecular formula is C15H23FIN3O2S. The van der Waals surface area contributed by atoms with Crippen LogP contribution in [-0.4, -0.2) is 39.0 Å². The molecule has 1 unspecified atom stereocenters. The zero-order chi connectivity index (χ0) is 16.0. The summed E-state index contributed by atoms with van der Waals surface area (Å²) >= 11 is 0. The van der Waals surface area contributed by atoms with Gasteiger partial charge in [0, 0.05) is 18.7 Å². The molecule has 2 rings (SSSR count). The van der Waals surface area contributed by atoms with Crippen molar-refractivity contribution in [3.63, 3.8) is 0 Å². The highest BCUT2D eigenvalue weighted by atomic mass is 127. The third-order valence-corrected chi connectivity index (χ3v) is 5.43. The lowest BCUT2D eigenvalue weighted by Crippen LogP contribution is -2.40. The Morgan fingerprint density at radius 1 is 1.35 bits per heavy atom. The number of nitrogens with zero attached hydrogens (tertiary/aromatic N) is 1. The second-order valence-electron chi connectivity index (χ2n) is 5.44. The van der Waals surface area contributed by atoms with Gasteiger partial charge in [-0.1, -0.05) is 18.2 Å². The lowest BCUT2D eigenvalue weighted by Gasteiger charge is -2.14. The van der Waals surface area contributed by atoms with Gasteiger partial charge in [-0.15, -0.1) is 24.0 Å². The Morgan fingerprint density at radius 3 is 2.70 bits per heavy atom. The molecule has 1 aliphatic rings. The standard InChI is InChI=1S/C15H22FN3O2S.HI/c1-2-17-15(18-9-12-7-8-22(20,21)11-12)19-10-13-5-3-4-6-14(13)16;/h3-6,12H,2,7-11H2,1H3,(H2,17,18,19);1H. The minimum atomic E-state index is -2.87. The first-order valence-corrected chi connectivity index (χ1v) is 9.28. The van der Waals surface area contributed by atoms with Gasteiger partial charge < -0.3 is 10.6 Å². The quantitative estimate of drug-likeness (QED) is 0.405. The van der Waals surface area contributed by atoms with Crippen molar-refractivity contribution in [1.29, 1.82) is 0 Å². The van der Waals surface area contributed by atoms with E-state index in [1.54, 1.807) is 18.2 Å². The van der Waals surface area contributed by atoms with Gasteiger partial charge in [0.15, 0.2) is 15.8 Å². The largest absolute Gasteiger partial charge is 0.357 e. The topological polar surface area (TPSA) is 70.6 Å². The molecule has 5 nitrogen and oxygen atoms in total. The van der Waals surface area contributed by atoms with E-state index in [1.807, 2.05) is 6.92 Å². The second kappa shape index (κ2) is 9.41. The molecule has 0 amide bonds. The van der Waals surface area contributed by atoms with Crippen LogP contribution in [0.1, 0.15) is 18.9 Å². The fourth-order valence-electron chi connectivity index (χ4n) is 2.41. The summed E-state index contributed by atoms with van der Waals surface area (Å²) in [6.45, 7) is 3.43. The average Bonchev–Trinajstić information content (AvgIpc) is 2.83. The maximum atomic E-state index is 13.6. The van der Waals surface area contributed by atoms with Crippen LogP contribution < -0.4 is 10.6 Å². The monoisotopic (exact) mass is 455 g/mol. The molecule has 1 saturated heterocycles. The Morgan fingerprint density at radius 2 is 2.09 bits per heavy atom. The number of nitrogens with one attached hydrogen (secondary N) is 2. The van der Waals surface area contributed by atoms with Crippen LogP contribution in [0.25, 0.3) is 0 Å². The number of aliphatic imine (C=N–C) groups is 1. The first-order chi connectivity index (χ1) is 10.5. The van der Waals surface area contributed by atoms with Gasteiger partial charge in [0.05, 0.1) is 18.1 Å². The van der Waals surface area contributed by atoms with E-state index in [4.69, 9.17) is 0 Å². The van der Waals surface area contributed by atoms with Gasteiger partial charge in [-0.2, -0.15) is 0 Å². The number of halogens is 2. The molecule has 1 atom stereocenters. The van der Waals surface area contributed by atoms with Crippen LogP contribution in [0.5, 0.6) is 0 Å². The van der Waals surface area contributed by atoms with Crippen LogP contribution in [0.3, 0.4) is 0 Å². The van der Waals surface area contributed by atoms with Crippen LogP contribution >= 0.6 is 24.0 Å². The predicted molar refractivity (Wildman–Crippen MR) is 101 cm³/mol. The molecule has 0 saturated carbocycles. The molecule has 0 aliphatic carbocycles. The van der Waals surface area contributed by atoms with E-state index < -0.39 is 9.84 Å². The zero-order valence-electron chi connectivity index (χ0n) is 13.1. The van der Waals surface area contributed by atoms with Gasteiger partial charge >= 0.3 is 0 Å². The fourth-order valence-corrected chi connectivity index (χ4v) is 4.27.